The Labute approximate surface area is 207 Å². The van der Waals surface area contributed by atoms with Gasteiger partial charge in [-0.1, -0.05) is 12.1 Å². The summed E-state index contributed by atoms with van der Waals surface area (Å²) in [5.74, 6) is 0.287. The van der Waals surface area contributed by atoms with Gasteiger partial charge in [0.05, 0.1) is 24.4 Å². The Balaban J connectivity index is 1.54. The standard InChI is InChI=1S/C27H25N3O4S/c1-16-5-11-21-25(13-16)35-27(30-21)19-7-9-20(10-8-19)29-26(32)22(28-17(2)31)14-18-6-12-23(33-3)24(15-18)34-4/h5-15H,1-4H3,(H,28,31)(H,29,32)/b22-14+. The number of hydrogen-bond acceptors (Lipinski definition) is 6. The molecule has 7 nitrogen and oxygen atoms in total. The Kier molecular flexibility index (Phi) is 7.12. The topological polar surface area (TPSA) is 89.5 Å². The fraction of sp³-hybridized carbons (Fsp3) is 0.148. The average molecular weight is 488 g/mol. The lowest BCUT2D eigenvalue weighted by molar-refractivity contribution is -0.120. The zero-order valence-corrected chi connectivity index (χ0v) is 20.7. The number of carbonyl (C=O) groups is 2. The first-order valence-corrected chi connectivity index (χ1v) is 11.7. The van der Waals surface area contributed by atoms with Crippen molar-refractivity contribution in [3.63, 3.8) is 0 Å². The second kappa shape index (κ2) is 10.4. The molecule has 1 heterocycles. The largest absolute Gasteiger partial charge is 0.493 e. The van der Waals surface area contributed by atoms with Crippen molar-refractivity contribution in [1.82, 2.24) is 10.3 Å². The molecule has 2 amide bonds. The number of hydrogen-bond donors (Lipinski definition) is 2. The van der Waals surface area contributed by atoms with Crippen molar-refractivity contribution in [3.05, 3.63) is 77.5 Å². The minimum atomic E-state index is -0.446. The number of thiazole rings is 1. The highest BCUT2D eigenvalue weighted by Gasteiger charge is 2.14. The highest BCUT2D eigenvalue weighted by atomic mass is 32.1. The zero-order valence-electron chi connectivity index (χ0n) is 19.8. The van der Waals surface area contributed by atoms with Gasteiger partial charge in [0.1, 0.15) is 10.7 Å². The normalized spacial score (nSPS) is 11.3. The number of methoxy groups -OCH3 is 2. The molecule has 4 rings (SSSR count). The molecule has 8 heteroatoms. The van der Waals surface area contributed by atoms with Crippen LogP contribution >= 0.6 is 11.3 Å². The van der Waals surface area contributed by atoms with Crippen molar-refractivity contribution >= 4 is 45.1 Å². The smallest absolute Gasteiger partial charge is 0.272 e. The summed E-state index contributed by atoms with van der Waals surface area (Å²) in [7, 11) is 3.08. The lowest BCUT2D eigenvalue weighted by atomic mass is 10.1. The Bertz CT molecular complexity index is 1420. The molecule has 0 atom stereocenters. The van der Waals surface area contributed by atoms with Gasteiger partial charge < -0.3 is 20.1 Å². The number of carbonyl (C=O) groups excluding carboxylic acids is 2. The van der Waals surface area contributed by atoms with Crippen LogP contribution in [-0.4, -0.2) is 31.0 Å². The van der Waals surface area contributed by atoms with E-state index in [1.165, 1.54) is 19.6 Å². The highest BCUT2D eigenvalue weighted by molar-refractivity contribution is 7.21. The van der Waals surface area contributed by atoms with E-state index < -0.39 is 5.91 Å². The molecule has 0 fully saturated rings. The van der Waals surface area contributed by atoms with Gasteiger partial charge in [0.2, 0.25) is 5.91 Å². The molecule has 0 aliphatic heterocycles. The highest BCUT2D eigenvalue weighted by Crippen LogP contribution is 2.31. The van der Waals surface area contributed by atoms with Gasteiger partial charge >= 0.3 is 0 Å². The van der Waals surface area contributed by atoms with Crippen molar-refractivity contribution < 1.29 is 19.1 Å². The maximum atomic E-state index is 13.0. The van der Waals surface area contributed by atoms with Crippen LogP contribution in [0.5, 0.6) is 11.5 Å². The number of anilines is 1. The third-order valence-electron chi connectivity index (χ3n) is 5.21. The van der Waals surface area contributed by atoms with E-state index in [-0.39, 0.29) is 11.6 Å². The number of aromatic nitrogens is 1. The van der Waals surface area contributed by atoms with E-state index in [0.717, 1.165) is 20.8 Å². The minimum absolute atomic E-state index is 0.107. The van der Waals surface area contributed by atoms with Gasteiger partial charge in [-0.25, -0.2) is 4.98 Å². The van der Waals surface area contributed by atoms with Crippen LogP contribution in [0.4, 0.5) is 5.69 Å². The number of amides is 2. The van der Waals surface area contributed by atoms with Gasteiger partial charge in [0.15, 0.2) is 11.5 Å². The molecule has 3 aromatic carbocycles. The molecule has 0 saturated heterocycles. The molecule has 0 unspecified atom stereocenters. The molecule has 2 N–H and O–H groups in total. The minimum Gasteiger partial charge on any atom is -0.493 e. The third kappa shape index (κ3) is 5.67. The van der Waals surface area contributed by atoms with E-state index in [2.05, 4.69) is 23.6 Å². The van der Waals surface area contributed by atoms with Gasteiger partial charge in [-0.3, -0.25) is 9.59 Å². The molecule has 0 bridgehead atoms. The molecule has 1 aromatic heterocycles. The summed E-state index contributed by atoms with van der Waals surface area (Å²) in [4.78, 5) is 29.4. The van der Waals surface area contributed by atoms with Crippen molar-refractivity contribution in [2.75, 3.05) is 19.5 Å². The molecule has 0 spiro atoms. The van der Waals surface area contributed by atoms with Gasteiger partial charge in [-0.2, -0.15) is 0 Å². The van der Waals surface area contributed by atoms with Gasteiger partial charge in [-0.05, 0) is 72.7 Å². The summed E-state index contributed by atoms with van der Waals surface area (Å²) in [6, 6.07) is 18.9. The number of rotatable bonds is 7. The summed E-state index contributed by atoms with van der Waals surface area (Å²) in [5.41, 5.74) is 4.50. The second-order valence-electron chi connectivity index (χ2n) is 7.88. The maximum Gasteiger partial charge on any atom is 0.272 e. The van der Waals surface area contributed by atoms with Crippen LogP contribution in [0.1, 0.15) is 18.1 Å². The van der Waals surface area contributed by atoms with Gasteiger partial charge in [0, 0.05) is 18.2 Å². The van der Waals surface area contributed by atoms with E-state index >= 15 is 0 Å². The van der Waals surface area contributed by atoms with Crippen molar-refractivity contribution in [1.29, 1.82) is 0 Å². The monoisotopic (exact) mass is 487 g/mol. The molecule has 0 aliphatic carbocycles. The first-order valence-electron chi connectivity index (χ1n) is 10.9. The molecular formula is C27H25N3O4S. The molecule has 0 saturated carbocycles. The second-order valence-corrected chi connectivity index (χ2v) is 8.91. The van der Waals surface area contributed by atoms with E-state index in [9.17, 15) is 9.59 Å². The Hall–Kier alpha value is -4.17. The zero-order chi connectivity index (χ0) is 24.9. The number of aryl methyl sites for hydroxylation is 1. The van der Waals surface area contributed by atoms with E-state index in [4.69, 9.17) is 14.5 Å². The van der Waals surface area contributed by atoms with Gasteiger partial charge in [-0.15, -0.1) is 11.3 Å². The number of nitrogens with one attached hydrogen (secondary N) is 2. The summed E-state index contributed by atoms with van der Waals surface area (Å²) in [6.07, 6.45) is 1.58. The van der Waals surface area contributed by atoms with Crippen molar-refractivity contribution in [2.45, 2.75) is 13.8 Å². The molecule has 4 aromatic rings. The SMILES string of the molecule is COc1ccc(/C=C(/NC(C)=O)C(=O)Nc2ccc(-c3nc4ccc(C)cc4s3)cc2)cc1OC. The Morgan fingerprint density at radius 2 is 1.69 bits per heavy atom. The number of benzene rings is 3. The van der Waals surface area contributed by atoms with Crippen LogP contribution in [0, 0.1) is 6.92 Å². The first kappa shape index (κ1) is 24.0. The lowest BCUT2D eigenvalue weighted by Gasteiger charge is -2.11. The fourth-order valence-corrected chi connectivity index (χ4v) is 4.58. The Morgan fingerprint density at radius 3 is 2.37 bits per heavy atom. The maximum absolute atomic E-state index is 13.0. The van der Waals surface area contributed by atoms with E-state index in [0.29, 0.717) is 22.7 Å². The fourth-order valence-electron chi connectivity index (χ4n) is 3.51. The summed E-state index contributed by atoms with van der Waals surface area (Å²) in [6.45, 7) is 3.41. The summed E-state index contributed by atoms with van der Waals surface area (Å²) < 4.78 is 11.7. The predicted molar refractivity (Wildman–Crippen MR) is 140 cm³/mol. The third-order valence-corrected chi connectivity index (χ3v) is 6.27. The van der Waals surface area contributed by atoms with Gasteiger partial charge in [0.25, 0.3) is 5.91 Å². The predicted octanol–water partition coefficient (Wildman–Crippen LogP) is 5.40. The number of ether oxygens (including phenoxy) is 2. The van der Waals surface area contributed by atoms with Crippen molar-refractivity contribution in [2.24, 2.45) is 0 Å². The summed E-state index contributed by atoms with van der Waals surface area (Å²) >= 11 is 1.63. The van der Waals surface area contributed by atoms with Crippen LogP contribution in [0.25, 0.3) is 26.9 Å². The Morgan fingerprint density at radius 1 is 0.943 bits per heavy atom. The van der Waals surface area contributed by atoms with Crippen LogP contribution in [-0.2, 0) is 9.59 Å². The molecule has 35 heavy (non-hydrogen) atoms. The summed E-state index contributed by atoms with van der Waals surface area (Å²) in [5, 5.41) is 6.35. The van der Waals surface area contributed by atoms with E-state index in [1.54, 1.807) is 42.7 Å². The van der Waals surface area contributed by atoms with E-state index in [1.807, 2.05) is 36.4 Å². The molecule has 0 radical (unpaired) electrons. The quantitative estimate of drug-likeness (QED) is 0.341. The first-order chi connectivity index (χ1) is 16.9. The molecule has 178 valence electrons. The number of fused-ring (bicyclic) bond motifs is 1. The van der Waals surface area contributed by atoms with Crippen LogP contribution in [0.2, 0.25) is 0 Å². The van der Waals surface area contributed by atoms with Crippen molar-refractivity contribution in [3.8, 4) is 22.1 Å². The lowest BCUT2D eigenvalue weighted by Crippen LogP contribution is -2.28. The van der Waals surface area contributed by atoms with Crippen LogP contribution in [0.15, 0.2) is 66.4 Å². The molecule has 0 aliphatic rings. The molecular weight excluding hydrogens is 462 g/mol. The van der Waals surface area contributed by atoms with Crippen LogP contribution < -0.4 is 20.1 Å². The van der Waals surface area contributed by atoms with Crippen LogP contribution in [0.3, 0.4) is 0 Å². The number of nitrogens with zero attached hydrogens (tertiary/aromatic N) is 1. The average Bonchev–Trinajstić information content (AvgIpc) is 3.27.